The maximum Gasteiger partial charge on any atom is 0.334 e. The Morgan fingerprint density at radius 2 is 0.793 bits per heavy atom. The van der Waals surface area contributed by atoms with Gasteiger partial charge < -0.3 is 30.6 Å². The second-order valence-corrected chi connectivity index (χ2v) is 31.2. The predicted molar refractivity (Wildman–Crippen MR) is 483 cm³/mol. The molecule has 18 heteroatoms. The highest BCUT2D eigenvalue weighted by Gasteiger charge is 2.49. The van der Waals surface area contributed by atoms with Crippen molar-refractivity contribution >= 4 is 23.7 Å². The van der Waals surface area contributed by atoms with Gasteiger partial charge in [0.2, 0.25) is 5.91 Å². The number of rotatable bonds is 27. The minimum atomic E-state index is -0.846. The molecule has 1 spiro atoms. The van der Waals surface area contributed by atoms with Crippen LogP contribution in [0.2, 0.25) is 0 Å². The second kappa shape index (κ2) is 42.5. The molecule has 18 nitrogen and oxygen atoms in total. The maximum absolute atomic E-state index is 13.8. The fourth-order valence-corrected chi connectivity index (χ4v) is 17.5. The number of hydrogen-bond donors (Lipinski definition) is 2. The lowest BCUT2D eigenvalue weighted by molar-refractivity contribution is -0.150. The molecule has 0 radical (unpaired) electrons. The van der Waals surface area contributed by atoms with Gasteiger partial charge in [0.05, 0.1) is 31.8 Å². The first-order chi connectivity index (χ1) is 59.3. The van der Waals surface area contributed by atoms with E-state index in [2.05, 4.69) is 283 Å². The molecule has 2 aromatic heterocycles. The highest BCUT2D eigenvalue weighted by Crippen LogP contribution is 2.50. The summed E-state index contributed by atoms with van der Waals surface area (Å²) in [5.74, 6) is 1.96. The van der Waals surface area contributed by atoms with Gasteiger partial charge in [-0.25, -0.2) is 19.2 Å². The van der Waals surface area contributed by atoms with E-state index in [0.29, 0.717) is 50.5 Å². The Labute approximate surface area is 714 Å². The number of unbranched alkanes of at least 4 members (excludes halogenated alkanes) is 2. The second-order valence-electron chi connectivity index (χ2n) is 31.2. The van der Waals surface area contributed by atoms with E-state index < -0.39 is 22.2 Å². The van der Waals surface area contributed by atoms with Crippen molar-refractivity contribution in [3.8, 4) is 45.0 Å². The van der Waals surface area contributed by atoms with E-state index in [1.807, 2.05) is 77.8 Å². The van der Waals surface area contributed by atoms with Crippen LogP contribution in [0.5, 0.6) is 0 Å². The molecular formula is C103H116N12O6. The molecule has 3 saturated carbocycles. The summed E-state index contributed by atoms with van der Waals surface area (Å²) in [5.41, 5.74) is 24.3. The molecule has 0 saturated heterocycles. The zero-order valence-corrected chi connectivity index (χ0v) is 70.9. The molecule has 16 rings (SSSR count). The average Bonchev–Trinajstić information content (AvgIpc) is 1.72. The van der Waals surface area contributed by atoms with Crippen LogP contribution < -0.4 is 11.5 Å². The maximum atomic E-state index is 13.8. The van der Waals surface area contributed by atoms with Crippen LogP contribution in [0.15, 0.2) is 309 Å². The first-order valence-corrected chi connectivity index (χ1v) is 43.2. The summed E-state index contributed by atoms with van der Waals surface area (Å²) < 4.78 is 19.6. The van der Waals surface area contributed by atoms with Gasteiger partial charge in [0.25, 0.3) is 0 Å². The fraction of sp³-hybridized carbons (Fsp3) is 0.320. The van der Waals surface area contributed by atoms with Crippen molar-refractivity contribution in [3.63, 3.8) is 0 Å². The van der Waals surface area contributed by atoms with E-state index in [9.17, 15) is 14.4 Å². The number of ether oxygens (including phenoxy) is 3. The molecule has 12 aromatic rings. The predicted octanol–water partition coefficient (Wildman–Crippen LogP) is 21.2. The Morgan fingerprint density at radius 3 is 1.17 bits per heavy atom. The molecule has 3 heterocycles. The van der Waals surface area contributed by atoms with Crippen LogP contribution in [0, 0.1) is 5.41 Å². The van der Waals surface area contributed by atoms with Gasteiger partial charge in [-0.3, -0.25) is 9.59 Å². The first kappa shape index (κ1) is 87.9. The van der Waals surface area contributed by atoms with Crippen molar-refractivity contribution in [3.05, 3.63) is 348 Å². The lowest BCUT2D eigenvalue weighted by Crippen LogP contribution is -2.46. The van der Waals surface area contributed by atoms with E-state index in [1.54, 1.807) is 6.92 Å². The molecular weight excluding hydrogens is 1500 g/mol. The summed E-state index contributed by atoms with van der Waals surface area (Å²) in [6.07, 6.45) is 20.0. The minimum absolute atomic E-state index is 0.179. The quantitative estimate of drug-likeness (QED) is 0.0160. The summed E-state index contributed by atoms with van der Waals surface area (Å²) >= 11 is 0. The fourth-order valence-electron chi connectivity index (χ4n) is 17.5. The van der Waals surface area contributed by atoms with Crippen molar-refractivity contribution in [2.75, 3.05) is 19.8 Å². The zero-order chi connectivity index (χ0) is 84.9. The molecule has 0 atom stereocenters. The highest BCUT2D eigenvalue weighted by atomic mass is 16.5. The van der Waals surface area contributed by atoms with Crippen molar-refractivity contribution in [1.29, 1.82) is 0 Å². The van der Waals surface area contributed by atoms with Crippen LogP contribution in [0.1, 0.15) is 195 Å². The third kappa shape index (κ3) is 19.6. The average molecular weight is 1620 g/mol. The lowest BCUT2D eigenvalue weighted by Gasteiger charge is -2.36. The third-order valence-corrected chi connectivity index (χ3v) is 23.6. The summed E-state index contributed by atoms with van der Waals surface area (Å²) in [5, 5.41) is 27.4. The number of allylic oxidation sites excluding steroid dienone is 1. The van der Waals surface area contributed by atoms with Crippen LogP contribution in [-0.4, -0.2) is 100.0 Å². The standard InChI is InChI=1S/C45H43N5O.C33H27N5.C15H27NO3.C8H15NO2.C2H4/c1-2-3-23-39-32-44(30-15-16-31-44)43(51)49(39)33-34-26-28-35(29-27-34)40-24-13-14-25-41(40)42-46-47-48-50(42)45(36-17-7-4-8-18-36,37-19-9-5-10-20-37)38-21-11-6-12-22-38;34-24-25-20-22-26(23-21-25)30-18-10-11-19-31(30)32-35-36-37-38(32)33(27-12-4-1-5-13-27,28-14-6-2-7-15-28)29-16-8-3-9-17-29;1-4-7-10-13(18-5-2)16-15(11-8-9-12-15)14(17)19-6-3;1-2-11-7(10)8(9)5-3-4-6-8;1-2/h4-14,17-22,24-29,32H,2-3,15-16,23,30-31,33H2,1H3;1-23H,24,34H2;4-12H2,1-3H3;2-6,9H2,1H3;1-2H2. The number of amides is 1. The van der Waals surface area contributed by atoms with Crippen LogP contribution in [0.4, 0.5) is 0 Å². The van der Waals surface area contributed by atoms with E-state index in [0.717, 1.165) is 199 Å². The number of carbonyl (C=O) groups excluding carboxylic acids is 3. The van der Waals surface area contributed by atoms with E-state index in [4.69, 9.17) is 41.2 Å². The number of aromatic nitrogens is 8. The van der Waals surface area contributed by atoms with Gasteiger partial charge in [0.1, 0.15) is 16.6 Å². The lowest BCUT2D eigenvalue weighted by atomic mass is 9.77. The van der Waals surface area contributed by atoms with Gasteiger partial charge in [0.15, 0.2) is 23.1 Å². The monoisotopic (exact) mass is 1620 g/mol. The highest BCUT2D eigenvalue weighted by molar-refractivity contribution is 5.90. The molecule has 624 valence electrons. The number of nitrogens with zero attached hydrogens (tertiary/aromatic N) is 10. The molecule has 3 aliphatic carbocycles. The Balaban J connectivity index is 0.000000167. The number of carbonyl (C=O) groups is 3. The summed E-state index contributed by atoms with van der Waals surface area (Å²) in [6, 6.07) is 96.4. The molecule has 121 heavy (non-hydrogen) atoms. The first-order valence-electron chi connectivity index (χ1n) is 43.2. The molecule has 4 N–H and O–H groups in total. The summed E-state index contributed by atoms with van der Waals surface area (Å²) in [7, 11) is 0. The largest absolute Gasteiger partial charge is 0.481 e. The van der Waals surface area contributed by atoms with Crippen molar-refractivity contribution < 1.29 is 28.6 Å². The number of benzene rings is 10. The summed E-state index contributed by atoms with van der Waals surface area (Å²) in [6.45, 7) is 18.5. The van der Waals surface area contributed by atoms with Gasteiger partial charge in [-0.2, -0.15) is 0 Å². The van der Waals surface area contributed by atoms with Gasteiger partial charge in [-0.05, 0) is 172 Å². The van der Waals surface area contributed by atoms with Gasteiger partial charge in [-0.15, -0.1) is 23.4 Å². The SMILES string of the molecule is C=C.CCCCC(=NC1(C(=O)OCC)CCCC1)OCC.CCCCC1=CC2(CCCC2)C(=O)N1Cc1ccc(-c2ccccc2-c2nnnn2C(c2ccccc2)(c2ccccc2)c2ccccc2)cc1.CCOC(=O)C1(N)CCCC1.NCc1ccc(-c2ccccc2-c2nnnn2C(c2ccccc2)(c2ccccc2)c2ccccc2)cc1. The number of nitrogens with two attached hydrogens (primary N) is 2. The molecule has 1 aliphatic heterocycles. The van der Waals surface area contributed by atoms with Crippen LogP contribution in [-0.2, 0) is 52.8 Å². The molecule has 0 bridgehead atoms. The smallest absolute Gasteiger partial charge is 0.334 e. The Kier molecular flexibility index (Phi) is 30.9. The van der Waals surface area contributed by atoms with Gasteiger partial charge >= 0.3 is 11.9 Å². The van der Waals surface area contributed by atoms with Crippen molar-refractivity contribution in [1.82, 2.24) is 45.3 Å². The minimum Gasteiger partial charge on any atom is -0.481 e. The number of esters is 2. The van der Waals surface area contributed by atoms with E-state index in [1.165, 1.54) is 5.70 Å². The van der Waals surface area contributed by atoms with E-state index >= 15 is 0 Å². The molecule has 4 aliphatic rings. The van der Waals surface area contributed by atoms with E-state index in [-0.39, 0.29) is 17.4 Å². The number of tetrazole rings is 2. The van der Waals surface area contributed by atoms with Crippen LogP contribution in [0.3, 0.4) is 0 Å². The summed E-state index contributed by atoms with van der Waals surface area (Å²) in [4.78, 5) is 44.0. The molecule has 1 amide bonds. The van der Waals surface area contributed by atoms with Crippen molar-refractivity contribution in [2.24, 2.45) is 21.9 Å². The molecule has 3 fully saturated rings. The van der Waals surface area contributed by atoms with Crippen molar-refractivity contribution in [2.45, 2.75) is 185 Å². The molecule has 10 aromatic carbocycles. The normalized spacial score (nSPS) is 15.0. The number of hydrogen-bond acceptors (Lipinski definition) is 15. The van der Waals surface area contributed by atoms with Crippen LogP contribution in [0.25, 0.3) is 45.0 Å². The Bertz CT molecular complexity index is 5100. The zero-order valence-electron chi connectivity index (χ0n) is 70.9. The Morgan fingerprint density at radius 1 is 0.438 bits per heavy atom. The van der Waals surface area contributed by atoms with Gasteiger partial charge in [-0.1, -0.05) is 344 Å². The molecule has 0 unspecified atom stereocenters. The third-order valence-electron chi connectivity index (χ3n) is 23.6. The Hall–Kier alpha value is -12.4. The topological polar surface area (TPSA) is 234 Å². The number of aliphatic imine (C=N–C) groups is 1. The van der Waals surface area contributed by atoms with Crippen LogP contribution >= 0.6 is 0 Å². The van der Waals surface area contributed by atoms with Gasteiger partial charge in [0, 0.05) is 29.8 Å².